The van der Waals surface area contributed by atoms with Gasteiger partial charge in [-0.1, -0.05) is 18.2 Å². The van der Waals surface area contributed by atoms with Crippen LogP contribution in [0.3, 0.4) is 0 Å². The number of Topliss-reactive ketones (excluding diaryl/α,β-unsaturated/α-hetero) is 1. The zero-order chi connectivity index (χ0) is 14.1. The molecule has 0 radical (unpaired) electrons. The van der Waals surface area contributed by atoms with E-state index in [9.17, 15) is 9.90 Å². The zero-order valence-corrected chi connectivity index (χ0v) is 12.2. The second-order valence-electron chi connectivity index (χ2n) is 4.94. The molecule has 3 rings (SSSR count). The molecule has 0 unspecified atom stereocenters. The lowest BCUT2D eigenvalue weighted by Gasteiger charge is -2.12. The molecule has 0 amide bonds. The van der Waals surface area contributed by atoms with Crippen LogP contribution in [-0.2, 0) is 0 Å². The van der Waals surface area contributed by atoms with Gasteiger partial charge in [-0.15, -0.1) is 0 Å². The Morgan fingerprint density at radius 2 is 1.90 bits per heavy atom. The minimum Gasteiger partial charge on any atom is -0.841 e. The molecule has 20 heavy (non-hydrogen) atoms. The molecule has 1 aromatic carbocycles. The lowest BCUT2D eigenvalue weighted by molar-refractivity contribution is -0.635. The predicted molar refractivity (Wildman–Crippen MR) is 76.7 cm³/mol. The second-order valence-corrected chi connectivity index (χ2v) is 5.92. The quantitative estimate of drug-likeness (QED) is 0.640. The molecule has 0 N–H and O–H groups in total. The van der Waals surface area contributed by atoms with Crippen LogP contribution in [0.4, 0.5) is 5.13 Å². The number of nitrogens with zero attached hydrogens (tertiary/aromatic N) is 2. The van der Waals surface area contributed by atoms with Crippen LogP contribution in [0.5, 0.6) is 5.88 Å². The van der Waals surface area contributed by atoms with Gasteiger partial charge >= 0.3 is 5.13 Å². The summed E-state index contributed by atoms with van der Waals surface area (Å²) >= 11 is 1.31. The van der Waals surface area contributed by atoms with E-state index in [0.717, 1.165) is 36.8 Å². The summed E-state index contributed by atoms with van der Waals surface area (Å²) in [4.78, 5) is 14.2. The van der Waals surface area contributed by atoms with Gasteiger partial charge in [0, 0.05) is 6.92 Å². The van der Waals surface area contributed by atoms with Crippen LogP contribution in [0.25, 0.3) is 5.69 Å². The van der Waals surface area contributed by atoms with Gasteiger partial charge in [-0.25, -0.2) is 0 Å². The molecular weight excluding hydrogens is 272 g/mol. The summed E-state index contributed by atoms with van der Waals surface area (Å²) in [6, 6.07) is 9.53. The van der Waals surface area contributed by atoms with Crippen LogP contribution in [-0.4, -0.2) is 18.9 Å². The number of benzene rings is 1. The van der Waals surface area contributed by atoms with Crippen molar-refractivity contribution in [2.45, 2.75) is 19.8 Å². The fraction of sp³-hybridized carbons (Fsp3) is 0.333. The highest BCUT2D eigenvalue weighted by Gasteiger charge is 2.29. The lowest BCUT2D eigenvalue weighted by Crippen LogP contribution is -2.39. The van der Waals surface area contributed by atoms with E-state index in [0.29, 0.717) is 4.88 Å². The third-order valence-corrected chi connectivity index (χ3v) is 4.78. The van der Waals surface area contributed by atoms with E-state index >= 15 is 0 Å². The number of para-hydroxylation sites is 1. The van der Waals surface area contributed by atoms with Crippen LogP contribution in [0, 0.1) is 0 Å². The van der Waals surface area contributed by atoms with Crippen molar-refractivity contribution in [3.05, 3.63) is 35.2 Å². The number of thiazole rings is 1. The molecule has 1 saturated heterocycles. The van der Waals surface area contributed by atoms with E-state index in [1.165, 1.54) is 18.3 Å². The Bertz CT molecular complexity index is 631. The highest BCUT2D eigenvalue weighted by atomic mass is 32.1. The number of ketones is 1. The number of hydrogen-bond donors (Lipinski definition) is 0. The highest BCUT2D eigenvalue weighted by Crippen LogP contribution is 2.31. The average molecular weight is 288 g/mol. The molecule has 1 aliphatic heterocycles. The highest BCUT2D eigenvalue weighted by molar-refractivity contribution is 7.17. The number of rotatable bonds is 3. The number of anilines is 1. The maximum absolute atomic E-state index is 12.5. The molecule has 0 aliphatic carbocycles. The monoisotopic (exact) mass is 288 g/mol. The van der Waals surface area contributed by atoms with Crippen LogP contribution in [0.2, 0.25) is 0 Å². The smallest absolute Gasteiger partial charge is 0.341 e. The fourth-order valence-electron chi connectivity index (χ4n) is 2.51. The van der Waals surface area contributed by atoms with Gasteiger partial charge < -0.3 is 5.11 Å². The molecule has 0 saturated carbocycles. The van der Waals surface area contributed by atoms with E-state index < -0.39 is 0 Å². The molecule has 5 heteroatoms. The molecule has 104 valence electrons. The van der Waals surface area contributed by atoms with Crippen LogP contribution < -0.4 is 14.6 Å². The van der Waals surface area contributed by atoms with Crippen molar-refractivity contribution in [3.63, 3.8) is 0 Å². The molecule has 0 bridgehead atoms. The standard InChI is InChI=1S/C15H16N2O2S/c1-11(18)13-14(19)17(12-7-3-2-4-8-12)15(20-13)16-9-5-6-10-16/h2-4,7-8H,5-6,9-10H2,1H3. The Kier molecular flexibility index (Phi) is 3.44. The molecule has 2 heterocycles. The molecule has 0 atom stereocenters. The Labute approximate surface area is 121 Å². The fourth-order valence-corrected chi connectivity index (χ4v) is 3.61. The first kappa shape index (κ1) is 13.1. The molecule has 1 aromatic heterocycles. The van der Waals surface area contributed by atoms with Crippen LogP contribution in [0.15, 0.2) is 30.3 Å². The first-order valence-corrected chi connectivity index (χ1v) is 7.57. The summed E-state index contributed by atoms with van der Waals surface area (Å²) in [6.45, 7) is 3.35. The molecule has 4 nitrogen and oxygen atoms in total. The number of aromatic nitrogens is 1. The van der Waals surface area contributed by atoms with Gasteiger partial charge in [0.1, 0.15) is 10.6 Å². The van der Waals surface area contributed by atoms with E-state index in [1.807, 2.05) is 30.3 Å². The number of hydrogen-bond acceptors (Lipinski definition) is 4. The van der Waals surface area contributed by atoms with E-state index in [4.69, 9.17) is 0 Å². The van der Waals surface area contributed by atoms with Gasteiger partial charge in [-0.05, 0) is 36.3 Å². The van der Waals surface area contributed by atoms with E-state index in [1.54, 1.807) is 4.57 Å². The van der Waals surface area contributed by atoms with Crippen molar-refractivity contribution in [3.8, 4) is 11.6 Å². The molecule has 0 spiro atoms. The van der Waals surface area contributed by atoms with Crippen LogP contribution in [0.1, 0.15) is 29.4 Å². The van der Waals surface area contributed by atoms with Crippen molar-refractivity contribution in [2.24, 2.45) is 0 Å². The first-order chi connectivity index (χ1) is 9.68. The van der Waals surface area contributed by atoms with E-state index in [2.05, 4.69) is 4.90 Å². The SMILES string of the molecule is CC(=O)c1sc(N2CCCC2)[n+](-c2ccccc2)c1[O-]. The number of carbonyl (C=O) groups excluding carboxylic acids is 1. The van der Waals surface area contributed by atoms with Crippen LogP contribution >= 0.6 is 11.3 Å². The van der Waals surface area contributed by atoms with Gasteiger partial charge in [0.25, 0.3) is 0 Å². The Morgan fingerprint density at radius 1 is 1.25 bits per heavy atom. The van der Waals surface area contributed by atoms with Gasteiger partial charge in [-0.3, -0.25) is 9.69 Å². The summed E-state index contributed by atoms with van der Waals surface area (Å²) in [5.41, 5.74) is 0.822. The Balaban J connectivity index is 2.17. The summed E-state index contributed by atoms with van der Waals surface area (Å²) in [5, 5.41) is 13.4. The maximum atomic E-state index is 12.5. The largest absolute Gasteiger partial charge is 0.841 e. The van der Waals surface area contributed by atoms with Crippen molar-refractivity contribution < 1.29 is 14.5 Å². The summed E-state index contributed by atoms with van der Waals surface area (Å²) < 4.78 is 1.67. The lowest BCUT2D eigenvalue weighted by atomic mass is 10.3. The van der Waals surface area contributed by atoms with Crippen molar-refractivity contribution in [2.75, 3.05) is 18.0 Å². The van der Waals surface area contributed by atoms with Crippen molar-refractivity contribution in [1.82, 2.24) is 0 Å². The van der Waals surface area contributed by atoms with Gasteiger partial charge in [0.15, 0.2) is 5.78 Å². The minimum absolute atomic E-state index is 0.157. The zero-order valence-electron chi connectivity index (χ0n) is 11.3. The maximum Gasteiger partial charge on any atom is 0.341 e. The summed E-state index contributed by atoms with van der Waals surface area (Å²) in [7, 11) is 0. The van der Waals surface area contributed by atoms with Gasteiger partial charge in [0.2, 0.25) is 0 Å². The third-order valence-electron chi connectivity index (χ3n) is 3.49. The van der Waals surface area contributed by atoms with Gasteiger partial charge in [-0.2, -0.15) is 4.57 Å². The Morgan fingerprint density at radius 3 is 2.50 bits per heavy atom. The van der Waals surface area contributed by atoms with E-state index in [-0.39, 0.29) is 11.7 Å². The first-order valence-electron chi connectivity index (χ1n) is 6.75. The van der Waals surface area contributed by atoms with Gasteiger partial charge in [0.05, 0.1) is 19.0 Å². The average Bonchev–Trinajstić information content (AvgIpc) is 3.06. The second kappa shape index (κ2) is 5.25. The predicted octanol–water partition coefficient (Wildman–Crippen LogP) is 1.90. The molecular formula is C15H16N2O2S. The minimum atomic E-state index is -0.199. The summed E-state index contributed by atoms with van der Waals surface area (Å²) in [5.74, 6) is -0.356. The molecule has 2 aromatic rings. The van der Waals surface area contributed by atoms with Crippen molar-refractivity contribution >= 4 is 22.3 Å². The Hall–Kier alpha value is -1.88. The number of carbonyl (C=O) groups is 1. The molecule has 1 fully saturated rings. The summed E-state index contributed by atoms with van der Waals surface area (Å²) in [6.07, 6.45) is 2.27. The topological polar surface area (TPSA) is 47.2 Å². The normalized spacial score (nSPS) is 14.8. The van der Waals surface area contributed by atoms with Crippen molar-refractivity contribution in [1.29, 1.82) is 0 Å². The third kappa shape index (κ3) is 2.18. The molecule has 1 aliphatic rings.